The molecule has 0 bridgehead atoms. The third-order valence-corrected chi connectivity index (χ3v) is 2.72. The summed E-state index contributed by atoms with van der Waals surface area (Å²) in [6.45, 7) is 15.2. The van der Waals surface area contributed by atoms with Crippen LogP contribution >= 0.6 is 0 Å². The van der Waals surface area contributed by atoms with E-state index in [0.29, 0.717) is 5.91 Å². The van der Waals surface area contributed by atoms with Gasteiger partial charge in [-0.2, -0.15) is 0 Å². The van der Waals surface area contributed by atoms with Gasteiger partial charge >= 0.3 is 0 Å². The number of hydrogen-bond donors (Lipinski definition) is 0. The summed E-state index contributed by atoms with van der Waals surface area (Å²) in [5.41, 5.74) is 0. The van der Waals surface area contributed by atoms with Crippen LogP contribution in [0.1, 0.15) is 41.0 Å². The van der Waals surface area contributed by atoms with Crippen molar-refractivity contribution in [3.05, 3.63) is 0 Å². The lowest BCUT2D eigenvalue weighted by atomic mass is 10.1. The largest absolute Gasteiger partial charge is 0.340 e. The van der Waals surface area contributed by atoms with Crippen LogP contribution in [-0.2, 0) is 4.79 Å². The highest BCUT2D eigenvalue weighted by atomic mass is 16.2. The lowest BCUT2D eigenvalue weighted by Crippen LogP contribution is -2.49. The predicted octanol–water partition coefficient (Wildman–Crippen LogP) is 2.22. The second-order valence-corrected chi connectivity index (χ2v) is 4.32. The van der Waals surface area contributed by atoms with E-state index in [1.807, 2.05) is 32.6 Å². The fourth-order valence-corrected chi connectivity index (χ4v) is 1.87. The number of nitrogens with zero attached hydrogens (tertiary/aromatic N) is 2. The third-order valence-electron chi connectivity index (χ3n) is 2.72. The van der Waals surface area contributed by atoms with Crippen molar-refractivity contribution in [1.82, 2.24) is 9.80 Å². The smallest absolute Gasteiger partial charge is 0.225 e. The van der Waals surface area contributed by atoms with Crippen LogP contribution in [0, 0.1) is 5.92 Å². The average molecular weight is 228 g/mol. The fourth-order valence-electron chi connectivity index (χ4n) is 1.87. The van der Waals surface area contributed by atoms with Crippen molar-refractivity contribution in [1.29, 1.82) is 0 Å². The molecule has 0 spiro atoms. The normalized spacial score (nSPS) is 17.0. The molecule has 1 saturated heterocycles. The van der Waals surface area contributed by atoms with Gasteiger partial charge in [-0.15, -0.1) is 0 Å². The molecule has 0 radical (unpaired) electrons. The predicted molar refractivity (Wildman–Crippen MR) is 69.5 cm³/mol. The monoisotopic (exact) mass is 228 g/mol. The molecule has 0 aromatic rings. The number of piperazine rings is 1. The Hall–Kier alpha value is -0.570. The Labute approximate surface area is 101 Å². The molecular formula is C13H28N2O. The minimum Gasteiger partial charge on any atom is -0.340 e. The number of rotatable bonds is 3. The van der Waals surface area contributed by atoms with E-state index in [4.69, 9.17) is 0 Å². The fraction of sp³-hybridized carbons (Fsp3) is 0.923. The molecule has 0 aromatic heterocycles. The van der Waals surface area contributed by atoms with E-state index in [2.05, 4.69) is 11.8 Å². The van der Waals surface area contributed by atoms with Crippen LogP contribution in [0.3, 0.4) is 0 Å². The van der Waals surface area contributed by atoms with Gasteiger partial charge in [-0.3, -0.25) is 9.69 Å². The van der Waals surface area contributed by atoms with Gasteiger partial charge < -0.3 is 4.90 Å². The maximum atomic E-state index is 11.7. The van der Waals surface area contributed by atoms with Crippen molar-refractivity contribution in [2.24, 2.45) is 5.92 Å². The summed E-state index contributed by atoms with van der Waals surface area (Å²) in [5, 5.41) is 0. The van der Waals surface area contributed by atoms with Crippen LogP contribution in [0.25, 0.3) is 0 Å². The van der Waals surface area contributed by atoms with E-state index in [9.17, 15) is 4.79 Å². The first-order chi connectivity index (χ1) is 7.65. The van der Waals surface area contributed by atoms with Crippen molar-refractivity contribution < 1.29 is 4.79 Å². The van der Waals surface area contributed by atoms with Gasteiger partial charge in [0, 0.05) is 32.1 Å². The zero-order valence-corrected chi connectivity index (χ0v) is 11.6. The molecule has 3 nitrogen and oxygen atoms in total. The molecule has 16 heavy (non-hydrogen) atoms. The molecule has 1 aliphatic rings. The SMILES string of the molecule is CC.CCCN1CCN(C(=O)C(C)C)CC1. The van der Waals surface area contributed by atoms with E-state index in [1.165, 1.54) is 13.0 Å². The van der Waals surface area contributed by atoms with Crippen LogP contribution in [0.5, 0.6) is 0 Å². The van der Waals surface area contributed by atoms with Gasteiger partial charge in [0.2, 0.25) is 5.91 Å². The summed E-state index contributed by atoms with van der Waals surface area (Å²) in [6, 6.07) is 0. The van der Waals surface area contributed by atoms with E-state index in [1.54, 1.807) is 0 Å². The average Bonchev–Trinajstić information content (AvgIpc) is 2.32. The Bertz CT molecular complexity index is 184. The third kappa shape index (κ3) is 4.97. The number of carbonyl (C=O) groups is 1. The van der Waals surface area contributed by atoms with Gasteiger partial charge in [0.15, 0.2) is 0 Å². The molecule has 0 atom stereocenters. The van der Waals surface area contributed by atoms with E-state index in [-0.39, 0.29) is 5.92 Å². The van der Waals surface area contributed by atoms with Crippen molar-refractivity contribution in [2.45, 2.75) is 41.0 Å². The van der Waals surface area contributed by atoms with Gasteiger partial charge in [0.25, 0.3) is 0 Å². The molecule has 1 amide bonds. The lowest BCUT2D eigenvalue weighted by Gasteiger charge is -2.35. The Morgan fingerprint density at radius 3 is 2.00 bits per heavy atom. The highest BCUT2D eigenvalue weighted by molar-refractivity contribution is 5.78. The van der Waals surface area contributed by atoms with Crippen molar-refractivity contribution in [3.63, 3.8) is 0 Å². The summed E-state index contributed by atoms with van der Waals surface area (Å²) in [6.07, 6.45) is 1.21. The van der Waals surface area contributed by atoms with Crippen LogP contribution in [-0.4, -0.2) is 48.4 Å². The van der Waals surface area contributed by atoms with E-state index < -0.39 is 0 Å². The Balaban J connectivity index is 0.00000106. The maximum Gasteiger partial charge on any atom is 0.225 e. The van der Waals surface area contributed by atoms with Gasteiger partial charge in [0.05, 0.1) is 0 Å². The number of hydrogen-bond acceptors (Lipinski definition) is 2. The first-order valence-corrected chi connectivity index (χ1v) is 6.66. The van der Waals surface area contributed by atoms with Gasteiger partial charge in [-0.25, -0.2) is 0 Å². The van der Waals surface area contributed by atoms with Gasteiger partial charge in [-0.05, 0) is 13.0 Å². The van der Waals surface area contributed by atoms with Crippen molar-refractivity contribution in [2.75, 3.05) is 32.7 Å². The topological polar surface area (TPSA) is 23.6 Å². The first kappa shape index (κ1) is 15.4. The van der Waals surface area contributed by atoms with Crippen LogP contribution in [0.4, 0.5) is 0 Å². The Kier molecular flexibility index (Phi) is 8.26. The van der Waals surface area contributed by atoms with E-state index in [0.717, 1.165) is 26.2 Å². The van der Waals surface area contributed by atoms with Crippen LogP contribution in [0.2, 0.25) is 0 Å². The number of amides is 1. The van der Waals surface area contributed by atoms with Crippen LogP contribution < -0.4 is 0 Å². The van der Waals surface area contributed by atoms with Crippen molar-refractivity contribution >= 4 is 5.91 Å². The Morgan fingerprint density at radius 2 is 1.62 bits per heavy atom. The summed E-state index contributed by atoms with van der Waals surface area (Å²) >= 11 is 0. The molecule has 0 saturated carbocycles. The van der Waals surface area contributed by atoms with Crippen LogP contribution in [0.15, 0.2) is 0 Å². The molecule has 1 rings (SSSR count). The summed E-state index contributed by atoms with van der Waals surface area (Å²) in [5.74, 6) is 0.453. The molecular weight excluding hydrogens is 200 g/mol. The minimum atomic E-state index is 0.146. The first-order valence-electron chi connectivity index (χ1n) is 6.66. The van der Waals surface area contributed by atoms with Gasteiger partial charge in [0.1, 0.15) is 0 Å². The maximum absolute atomic E-state index is 11.7. The quantitative estimate of drug-likeness (QED) is 0.739. The zero-order valence-electron chi connectivity index (χ0n) is 11.6. The lowest BCUT2D eigenvalue weighted by molar-refractivity contribution is -0.136. The molecule has 0 aliphatic carbocycles. The standard InChI is InChI=1S/C11H22N2O.C2H6/c1-4-5-12-6-8-13(9-7-12)11(14)10(2)3;1-2/h10H,4-9H2,1-3H3;1-2H3. The molecule has 1 aliphatic heterocycles. The molecule has 96 valence electrons. The second-order valence-electron chi connectivity index (χ2n) is 4.32. The van der Waals surface area contributed by atoms with E-state index >= 15 is 0 Å². The molecule has 3 heteroatoms. The highest BCUT2D eigenvalue weighted by Gasteiger charge is 2.21. The van der Waals surface area contributed by atoms with Crippen molar-refractivity contribution in [3.8, 4) is 0 Å². The number of carbonyl (C=O) groups excluding carboxylic acids is 1. The second kappa shape index (κ2) is 8.57. The summed E-state index contributed by atoms with van der Waals surface area (Å²) in [7, 11) is 0. The Morgan fingerprint density at radius 1 is 1.12 bits per heavy atom. The summed E-state index contributed by atoms with van der Waals surface area (Å²) in [4.78, 5) is 16.1. The molecule has 0 aromatic carbocycles. The zero-order chi connectivity index (χ0) is 12.6. The molecule has 0 N–H and O–H groups in total. The van der Waals surface area contributed by atoms with Gasteiger partial charge in [-0.1, -0.05) is 34.6 Å². The highest BCUT2D eigenvalue weighted by Crippen LogP contribution is 2.07. The minimum absolute atomic E-state index is 0.146. The molecule has 1 fully saturated rings. The molecule has 0 unspecified atom stereocenters. The summed E-state index contributed by atoms with van der Waals surface area (Å²) < 4.78 is 0. The molecule has 1 heterocycles.